The monoisotopic (exact) mass is 438 g/mol. The third kappa shape index (κ3) is 4.67. The molecule has 162 valence electrons. The fourth-order valence-electron chi connectivity index (χ4n) is 4.66. The molecule has 1 aliphatic heterocycles. The second kappa shape index (κ2) is 9.23. The summed E-state index contributed by atoms with van der Waals surface area (Å²) in [5.41, 5.74) is 2.47. The summed E-state index contributed by atoms with van der Waals surface area (Å²) in [7, 11) is 0. The molecule has 0 radical (unpaired) electrons. The van der Waals surface area contributed by atoms with Crippen molar-refractivity contribution in [1.82, 2.24) is 4.90 Å². The average molecular weight is 439 g/mol. The van der Waals surface area contributed by atoms with Crippen LogP contribution in [0.25, 0.3) is 0 Å². The highest BCUT2D eigenvalue weighted by atomic mass is 35.5. The maximum absolute atomic E-state index is 13.4. The first-order valence-electron chi connectivity index (χ1n) is 10.9. The van der Waals surface area contributed by atoms with Crippen LogP contribution in [0, 0.1) is 6.92 Å². The Labute approximate surface area is 188 Å². The summed E-state index contributed by atoms with van der Waals surface area (Å²) in [6.07, 6.45) is 5.18. The van der Waals surface area contributed by atoms with Gasteiger partial charge >= 0.3 is 0 Å². The van der Waals surface area contributed by atoms with E-state index in [1.54, 1.807) is 29.2 Å². The lowest BCUT2D eigenvalue weighted by molar-refractivity contribution is -0.141. The van der Waals surface area contributed by atoms with E-state index in [2.05, 4.69) is 0 Å². The van der Waals surface area contributed by atoms with Crippen molar-refractivity contribution in [3.8, 4) is 0 Å². The largest absolute Gasteiger partial charge is 0.327 e. The number of aryl methyl sites for hydroxylation is 1. The first-order chi connectivity index (χ1) is 14.9. The molecule has 2 aliphatic rings. The van der Waals surface area contributed by atoms with Gasteiger partial charge in [0.1, 0.15) is 6.04 Å². The van der Waals surface area contributed by atoms with Crippen molar-refractivity contribution < 1.29 is 14.4 Å². The number of carbonyl (C=O) groups excluding carboxylic acids is 3. The van der Waals surface area contributed by atoms with Gasteiger partial charge in [-0.3, -0.25) is 14.4 Å². The minimum atomic E-state index is -0.739. The molecule has 1 atom stereocenters. The van der Waals surface area contributed by atoms with E-state index in [4.69, 9.17) is 11.6 Å². The Morgan fingerprint density at radius 2 is 1.65 bits per heavy atom. The van der Waals surface area contributed by atoms with Gasteiger partial charge < -0.3 is 4.90 Å². The van der Waals surface area contributed by atoms with Gasteiger partial charge in [-0.05, 0) is 49.6 Å². The molecule has 0 spiro atoms. The number of benzene rings is 2. The van der Waals surface area contributed by atoms with Gasteiger partial charge in [-0.1, -0.05) is 60.7 Å². The molecular formula is C25H27ClN2O3. The maximum Gasteiger partial charge on any atom is 0.257 e. The van der Waals surface area contributed by atoms with Gasteiger partial charge in [0, 0.05) is 11.1 Å². The van der Waals surface area contributed by atoms with E-state index in [9.17, 15) is 14.4 Å². The molecular weight excluding hydrogens is 412 g/mol. The fraction of sp³-hybridized carbons (Fsp3) is 0.400. The summed E-state index contributed by atoms with van der Waals surface area (Å²) < 4.78 is 0. The summed E-state index contributed by atoms with van der Waals surface area (Å²) in [5.74, 6) is -0.658. The first kappa shape index (κ1) is 21.6. The molecule has 0 N–H and O–H groups in total. The van der Waals surface area contributed by atoms with Crippen LogP contribution in [0.3, 0.4) is 0 Å². The molecule has 0 bridgehead atoms. The topological polar surface area (TPSA) is 57.7 Å². The van der Waals surface area contributed by atoms with Crippen LogP contribution in [0.5, 0.6) is 0 Å². The highest BCUT2D eigenvalue weighted by molar-refractivity contribution is 6.30. The molecule has 1 unspecified atom stereocenters. The van der Waals surface area contributed by atoms with Crippen LogP contribution in [0.2, 0.25) is 5.02 Å². The lowest BCUT2D eigenvalue weighted by Gasteiger charge is -2.37. The van der Waals surface area contributed by atoms with Gasteiger partial charge in [0.05, 0.1) is 18.5 Å². The molecule has 1 aliphatic carbocycles. The fourth-order valence-corrected chi connectivity index (χ4v) is 4.78. The smallest absolute Gasteiger partial charge is 0.257 e. The Morgan fingerprint density at radius 1 is 1.00 bits per heavy atom. The Hall–Kier alpha value is -2.66. The standard InChI is InChI=1S/C25H27ClN2O3/c1-17-7-13-21(14-8-17)28-24(30)16-22(25(28)31)27(20-5-3-2-4-6-20)23(29)15-18-9-11-19(26)12-10-18/h7-14,20,22H,2-6,15-16H2,1H3. The zero-order valence-electron chi connectivity index (χ0n) is 17.7. The molecule has 4 rings (SSSR count). The summed E-state index contributed by atoms with van der Waals surface area (Å²) >= 11 is 5.97. The second-order valence-electron chi connectivity index (χ2n) is 8.52. The van der Waals surface area contributed by atoms with Gasteiger partial charge in [-0.15, -0.1) is 0 Å². The van der Waals surface area contributed by atoms with E-state index in [1.165, 1.54) is 4.90 Å². The highest BCUT2D eigenvalue weighted by Gasteiger charge is 2.46. The van der Waals surface area contributed by atoms with Crippen LogP contribution in [-0.2, 0) is 20.8 Å². The van der Waals surface area contributed by atoms with Crippen LogP contribution >= 0.6 is 11.6 Å². The third-order valence-corrected chi connectivity index (χ3v) is 6.53. The zero-order valence-corrected chi connectivity index (χ0v) is 18.5. The van der Waals surface area contributed by atoms with Gasteiger partial charge in [0.15, 0.2) is 0 Å². The normalized spacial score (nSPS) is 19.7. The molecule has 2 aromatic carbocycles. The third-order valence-electron chi connectivity index (χ3n) is 6.28. The number of imide groups is 1. The number of anilines is 1. The van der Waals surface area contributed by atoms with E-state index in [0.717, 1.165) is 43.2 Å². The SMILES string of the molecule is Cc1ccc(N2C(=O)CC(N(C(=O)Cc3ccc(Cl)cc3)C3CCCCC3)C2=O)cc1. The van der Waals surface area contributed by atoms with Crippen molar-refractivity contribution in [1.29, 1.82) is 0 Å². The van der Waals surface area contributed by atoms with Crippen molar-refractivity contribution in [3.05, 3.63) is 64.7 Å². The molecule has 3 amide bonds. The van der Waals surface area contributed by atoms with Crippen molar-refractivity contribution in [2.75, 3.05) is 4.90 Å². The van der Waals surface area contributed by atoms with Crippen LogP contribution in [0.1, 0.15) is 49.7 Å². The Morgan fingerprint density at radius 3 is 2.29 bits per heavy atom. The molecule has 1 saturated heterocycles. The molecule has 5 nitrogen and oxygen atoms in total. The summed E-state index contributed by atoms with van der Waals surface area (Å²) in [6, 6.07) is 13.8. The number of nitrogens with zero attached hydrogens (tertiary/aromatic N) is 2. The van der Waals surface area contributed by atoms with E-state index < -0.39 is 6.04 Å². The molecule has 1 heterocycles. The maximum atomic E-state index is 13.4. The highest BCUT2D eigenvalue weighted by Crippen LogP contribution is 2.31. The molecule has 6 heteroatoms. The number of amides is 3. The predicted octanol–water partition coefficient (Wildman–Crippen LogP) is 4.68. The summed E-state index contributed by atoms with van der Waals surface area (Å²) in [4.78, 5) is 42.6. The molecule has 31 heavy (non-hydrogen) atoms. The molecule has 1 saturated carbocycles. The first-order valence-corrected chi connectivity index (χ1v) is 11.3. The Balaban J connectivity index is 1.60. The molecule has 0 aromatic heterocycles. The van der Waals surface area contributed by atoms with Crippen molar-refractivity contribution in [2.24, 2.45) is 0 Å². The van der Waals surface area contributed by atoms with E-state index >= 15 is 0 Å². The van der Waals surface area contributed by atoms with Crippen LogP contribution in [-0.4, -0.2) is 34.7 Å². The molecule has 2 fully saturated rings. The van der Waals surface area contributed by atoms with Crippen LogP contribution < -0.4 is 4.90 Å². The lowest BCUT2D eigenvalue weighted by atomic mass is 9.92. The average Bonchev–Trinajstić information content (AvgIpc) is 3.05. The minimum absolute atomic E-state index is 0.00623. The van der Waals surface area contributed by atoms with Crippen molar-refractivity contribution in [2.45, 2.75) is 64.0 Å². The van der Waals surface area contributed by atoms with Crippen LogP contribution in [0.15, 0.2) is 48.5 Å². The second-order valence-corrected chi connectivity index (χ2v) is 8.96. The minimum Gasteiger partial charge on any atom is -0.327 e. The number of hydrogen-bond donors (Lipinski definition) is 0. The van der Waals surface area contributed by atoms with Crippen molar-refractivity contribution in [3.63, 3.8) is 0 Å². The molecule has 2 aromatic rings. The van der Waals surface area contributed by atoms with E-state index in [0.29, 0.717) is 10.7 Å². The van der Waals surface area contributed by atoms with Crippen molar-refractivity contribution >= 4 is 35.0 Å². The van der Waals surface area contributed by atoms with Crippen LogP contribution in [0.4, 0.5) is 5.69 Å². The van der Waals surface area contributed by atoms with Gasteiger partial charge in [-0.25, -0.2) is 4.90 Å². The van der Waals surface area contributed by atoms with Gasteiger partial charge in [0.25, 0.3) is 5.91 Å². The number of rotatable bonds is 5. The van der Waals surface area contributed by atoms with E-state index in [1.807, 2.05) is 31.2 Å². The summed E-state index contributed by atoms with van der Waals surface area (Å²) in [5, 5.41) is 0.616. The summed E-state index contributed by atoms with van der Waals surface area (Å²) in [6.45, 7) is 1.96. The van der Waals surface area contributed by atoms with Gasteiger partial charge in [-0.2, -0.15) is 0 Å². The number of carbonyl (C=O) groups is 3. The Kier molecular flexibility index (Phi) is 6.42. The zero-order chi connectivity index (χ0) is 22.0. The lowest BCUT2D eigenvalue weighted by Crippen LogP contribution is -2.51. The van der Waals surface area contributed by atoms with Gasteiger partial charge in [0.2, 0.25) is 11.8 Å². The predicted molar refractivity (Wildman–Crippen MR) is 121 cm³/mol. The number of hydrogen-bond acceptors (Lipinski definition) is 3. The number of halogens is 1. The Bertz CT molecular complexity index is 965. The van der Waals surface area contributed by atoms with E-state index in [-0.39, 0.29) is 36.6 Å². The quantitative estimate of drug-likeness (QED) is 0.636.